The fourth-order valence-electron chi connectivity index (χ4n) is 1.34. The van der Waals surface area contributed by atoms with Gasteiger partial charge in [-0.1, -0.05) is 6.07 Å². The van der Waals surface area contributed by atoms with Crippen molar-refractivity contribution in [1.29, 1.82) is 0 Å². The van der Waals surface area contributed by atoms with E-state index in [1.54, 1.807) is 30.5 Å². The fourth-order valence-corrected chi connectivity index (χ4v) is 2.10. The minimum Gasteiger partial charge on any atom is -0.325 e. The van der Waals surface area contributed by atoms with E-state index >= 15 is 0 Å². The van der Waals surface area contributed by atoms with Crippen molar-refractivity contribution in [3.63, 3.8) is 0 Å². The second-order valence-corrected chi connectivity index (χ2v) is 7.53. The smallest absolute Gasteiger partial charge is 0.224 e. The Morgan fingerprint density at radius 1 is 1.10 bits per heavy atom. The minimum absolute atomic E-state index is 0.156. The number of hydrogen-bond donors (Lipinski definition) is 2. The number of aromatic nitrogens is 3. The minimum atomic E-state index is -1.23. The highest BCUT2D eigenvalue weighted by Gasteiger charge is 2.19. The van der Waals surface area contributed by atoms with Crippen molar-refractivity contribution in [1.82, 2.24) is 15.0 Å². The molecule has 0 spiro atoms. The Bertz CT molecular complexity index is 659. The van der Waals surface area contributed by atoms with Crippen molar-refractivity contribution >= 4 is 40.0 Å². The summed E-state index contributed by atoms with van der Waals surface area (Å²) in [5.41, 5.74) is 0. The first-order valence-electron chi connectivity index (χ1n) is 6.26. The van der Waals surface area contributed by atoms with Gasteiger partial charge in [0.25, 0.3) is 0 Å². The molecule has 1 atom stereocenters. The summed E-state index contributed by atoms with van der Waals surface area (Å²) in [7, 11) is -1.23. The molecule has 0 bridgehead atoms. The van der Waals surface area contributed by atoms with E-state index in [2.05, 4.69) is 25.0 Å². The van der Waals surface area contributed by atoms with E-state index in [-0.39, 0.29) is 10.0 Å². The zero-order valence-electron chi connectivity index (χ0n) is 11.9. The summed E-state index contributed by atoms with van der Waals surface area (Å²) in [6, 6.07) is 7.02. The molecule has 2 aromatic heterocycles. The molecule has 0 aromatic carbocycles. The third-order valence-electron chi connectivity index (χ3n) is 2.38. The van der Waals surface area contributed by atoms with Crippen molar-refractivity contribution < 1.29 is 4.21 Å². The molecular formula is C13H16ClN5OS. The summed E-state index contributed by atoms with van der Waals surface area (Å²) in [6.07, 6.45) is 1.55. The number of nitrogens with zero attached hydrogens (tertiary/aromatic N) is 3. The molecule has 0 aliphatic carbocycles. The lowest BCUT2D eigenvalue weighted by Gasteiger charge is -2.18. The van der Waals surface area contributed by atoms with Crippen LogP contribution in [0.2, 0.25) is 5.28 Å². The van der Waals surface area contributed by atoms with Crippen LogP contribution in [0.1, 0.15) is 20.8 Å². The summed E-state index contributed by atoms with van der Waals surface area (Å²) in [6.45, 7) is 5.67. The molecule has 2 rings (SSSR count). The average molecular weight is 326 g/mol. The van der Waals surface area contributed by atoms with Crippen molar-refractivity contribution in [2.75, 3.05) is 10.0 Å². The molecule has 0 saturated carbocycles. The quantitative estimate of drug-likeness (QED) is 0.844. The second kappa shape index (κ2) is 6.36. The van der Waals surface area contributed by atoms with Gasteiger partial charge in [0, 0.05) is 6.20 Å². The number of hydrogen-bond acceptors (Lipinski definition) is 5. The summed E-state index contributed by atoms with van der Waals surface area (Å²) < 4.78 is 14.6. The fraction of sp³-hybridized carbons (Fsp3) is 0.308. The zero-order chi connectivity index (χ0) is 15.5. The standard InChI is InChI=1S/C13H16ClN5OS/c1-13(2,3)21(20)19-11-6-4-5-9(17-11)16-10-7-8-15-12(14)18-10/h4-8H,1-3H3,(H2,15,16,17,18,19). The van der Waals surface area contributed by atoms with Gasteiger partial charge in [-0.2, -0.15) is 0 Å². The average Bonchev–Trinajstić information content (AvgIpc) is 2.38. The first kappa shape index (κ1) is 15.7. The van der Waals surface area contributed by atoms with Crippen LogP contribution in [0.5, 0.6) is 0 Å². The van der Waals surface area contributed by atoms with Crippen LogP contribution in [0.3, 0.4) is 0 Å². The molecule has 21 heavy (non-hydrogen) atoms. The summed E-state index contributed by atoms with van der Waals surface area (Å²) in [5, 5.41) is 3.17. The molecule has 0 saturated heterocycles. The molecule has 0 aliphatic rings. The molecule has 0 fully saturated rings. The van der Waals surface area contributed by atoms with E-state index in [0.29, 0.717) is 17.5 Å². The molecule has 0 aliphatic heterocycles. The first-order valence-corrected chi connectivity index (χ1v) is 7.78. The van der Waals surface area contributed by atoms with Crippen molar-refractivity contribution in [2.45, 2.75) is 25.5 Å². The van der Waals surface area contributed by atoms with Crippen LogP contribution in [0, 0.1) is 0 Å². The lowest BCUT2D eigenvalue weighted by Crippen LogP contribution is -2.27. The maximum atomic E-state index is 12.0. The van der Waals surface area contributed by atoms with Gasteiger partial charge in [-0.15, -0.1) is 0 Å². The normalized spacial score (nSPS) is 12.8. The Kier molecular flexibility index (Phi) is 4.74. The van der Waals surface area contributed by atoms with E-state index in [1.807, 2.05) is 20.8 Å². The maximum Gasteiger partial charge on any atom is 0.224 e. The monoisotopic (exact) mass is 325 g/mol. The van der Waals surface area contributed by atoms with Gasteiger partial charge in [-0.3, -0.25) is 4.72 Å². The van der Waals surface area contributed by atoms with Gasteiger partial charge in [0.15, 0.2) is 0 Å². The summed E-state index contributed by atoms with van der Waals surface area (Å²) >= 11 is 5.73. The van der Waals surface area contributed by atoms with Crippen molar-refractivity contribution in [3.05, 3.63) is 35.7 Å². The van der Waals surface area contributed by atoms with Gasteiger partial charge >= 0.3 is 0 Å². The van der Waals surface area contributed by atoms with Crippen molar-refractivity contribution in [2.24, 2.45) is 0 Å². The molecule has 112 valence electrons. The van der Waals surface area contributed by atoms with Crippen LogP contribution in [-0.2, 0) is 11.0 Å². The molecule has 1 unspecified atom stereocenters. The topological polar surface area (TPSA) is 79.8 Å². The highest BCUT2D eigenvalue weighted by molar-refractivity contribution is 7.87. The largest absolute Gasteiger partial charge is 0.325 e. The molecule has 2 aromatic rings. The predicted octanol–water partition coefficient (Wildman–Crippen LogP) is 3.14. The Morgan fingerprint density at radius 2 is 1.76 bits per heavy atom. The lowest BCUT2D eigenvalue weighted by atomic mass is 10.3. The Hall–Kier alpha value is -1.73. The zero-order valence-corrected chi connectivity index (χ0v) is 13.5. The summed E-state index contributed by atoms with van der Waals surface area (Å²) in [5.74, 6) is 1.63. The molecule has 2 heterocycles. The third kappa shape index (κ3) is 4.64. The number of halogens is 1. The first-order chi connectivity index (χ1) is 9.84. The van der Waals surface area contributed by atoms with E-state index in [0.717, 1.165) is 0 Å². The third-order valence-corrected chi connectivity index (χ3v) is 4.07. The highest BCUT2D eigenvalue weighted by atomic mass is 35.5. The van der Waals surface area contributed by atoms with E-state index in [1.165, 1.54) is 0 Å². The number of nitrogens with one attached hydrogen (secondary N) is 2. The summed E-state index contributed by atoms with van der Waals surface area (Å²) in [4.78, 5) is 12.2. The molecule has 2 N–H and O–H groups in total. The molecule has 0 amide bonds. The van der Waals surface area contributed by atoms with Crippen LogP contribution in [0.25, 0.3) is 0 Å². The van der Waals surface area contributed by atoms with Crippen LogP contribution in [-0.4, -0.2) is 23.9 Å². The highest BCUT2D eigenvalue weighted by Crippen LogP contribution is 2.18. The van der Waals surface area contributed by atoms with Crippen LogP contribution in [0.4, 0.5) is 17.5 Å². The van der Waals surface area contributed by atoms with Gasteiger partial charge in [-0.25, -0.2) is 19.2 Å². The Balaban J connectivity index is 2.13. The Labute approximate surface area is 131 Å². The van der Waals surface area contributed by atoms with Gasteiger partial charge in [-0.05, 0) is 50.6 Å². The van der Waals surface area contributed by atoms with Crippen LogP contribution in [0.15, 0.2) is 30.5 Å². The molecule has 6 nitrogen and oxygen atoms in total. The van der Waals surface area contributed by atoms with E-state index < -0.39 is 11.0 Å². The van der Waals surface area contributed by atoms with Gasteiger partial charge in [0.05, 0.1) is 4.75 Å². The lowest BCUT2D eigenvalue weighted by molar-refractivity contribution is 0.653. The van der Waals surface area contributed by atoms with Crippen LogP contribution < -0.4 is 10.0 Å². The number of rotatable bonds is 4. The molecule has 0 radical (unpaired) electrons. The maximum absolute atomic E-state index is 12.0. The van der Waals surface area contributed by atoms with Gasteiger partial charge < -0.3 is 5.32 Å². The SMILES string of the molecule is CC(C)(C)S(=O)Nc1cccc(Nc2ccnc(Cl)n2)n1. The molecule has 8 heteroatoms. The van der Waals surface area contributed by atoms with E-state index in [9.17, 15) is 4.21 Å². The van der Waals surface area contributed by atoms with Crippen molar-refractivity contribution in [3.8, 4) is 0 Å². The van der Waals surface area contributed by atoms with Gasteiger partial charge in [0.1, 0.15) is 28.4 Å². The predicted molar refractivity (Wildman–Crippen MR) is 86.1 cm³/mol. The Morgan fingerprint density at radius 3 is 2.43 bits per heavy atom. The van der Waals surface area contributed by atoms with E-state index in [4.69, 9.17) is 11.6 Å². The number of pyridine rings is 1. The second-order valence-electron chi connectivity index (χ2n) is 5.23. The van der Waals surface area contributed by atoms with Gasteiger partial charge in [0.2, 0.25) is 5.28 Å². The van der Waals surface area contributed by atoms with Crippen LogP contribution >= 0.6 is 11.6 Å². The molecular weight excluding hydrogens is 310 g/mol. The number of anilines is 3.